The maximum Gasteiger partial charge on any atom is 0.484 e. The highest BCUT2D eigenvalue weighted by Gasteiger charge is 2.60. The summed E-state index contributed by atoms with van der Waals surface area (Å²) in [5.41, 5.74) is 5.49. The molecule has 6 atom stereocenters. The van der Waals surface area contributed by atoms with Gasteiger partial charge in [-0.05, 0) is 0 Å². The van der Waals surface area contributed by atoms with E-state index in [1.54, 1.807) is 0 Å². The Morgan fingerprint density at radius 1 is 1.26 bits per heavy atom. The number of phosphoric ester groups is 1. The van der Waals surface area contributed by atoms with Gasteiger partial charge in [0.15, 0.2) is 5.78 Å². The Morgan fingerprint density at radius 2 is 1.78 bits per heavy atom. The van der Waals surface area contributed by atoms with Crippen molar-refractivity contribution in [3.63, 3.8) is 0 Å². The fourth-order valence-corrected chi connectivity index (χ4v) is 3.81. The number of carbonyl (C=O) groups is 1. The van der Waals surface area contributed by atoms with Crippen LogP contribution in [0.3, 0.4) is 0 Å². The van der Waals surface area contributed by atoms with Crippen LogP contribution in [-0.2, 0) is 27.5 Å². The van der Waals surface area contributed by atoms with E-state index in [4.69, 9.17) is 25.4 Å². The van der Waals surface area contributed by atoms with E-state index in [9.17, 15) is 29.0 Å². The minimum atomic E-state index is -5.59. The van der Waals surface area contributed by atoms with E-state index < -0.39 is 58.2 Å². The lowest BCUT2D eigenvalue weighted by Crippen LogP contribution is -2.71. The van der Waals surface area contributed by atoms with Crippen LogP contribution in [0.5, 0.6) is 0 Å². The molecule has 8 N–H and O–H groups in total. The molecule has 15 heteroatoms. The van der Waals surface area contributed by atoms with E-state index in [0.29, 0.717) is 0 Å². The highest BCUT2D eigenvalue weighted by Crippen LogP contribution is 2.60. The largest absolute Gasteiger partial charge is 0.484 e. The van der Waals surface area contributed by atoms with Gasteiger partial charge in [-0.15, -0.1) is 0 Å². The van der Waals surface area contributed by atoms with Gasteiger partial charge < -0.3 is 40.5 Å². The highest BCUT2D eigenvalue weighted by molar-refractivity contribution is 7.60. The van der Waals surface area contributed by atoms with E-state index in [2.05, 4.69) is 8.83 Å². The summed E-state index contributed by atoms with van der Waals surface area (Å²) in [4.78, 5) is 38.3. The average molecular weight is 381 g/mol. The van der Waals surface area contributed by atoms with E-state index in [-0.39, 0.29) is 0 Å². The normalized spacial score (nSPS) is 38.1. The van der Waals surface area contributed by atoms with Crippen molar-refractivity contribution >= 4 is 21.4 Å². The molecule has 0 saturated carbocycles. The summed E-state index contributed by atoms with van der Waals surface area (Å²) in [6.45, 7) is -0.158. The van der Waals surface area contributed by atoms with Gasteiger partial charge in [0, 0.05) is 6.92 Å². The van der Waals surface area contributed by atoms with Gasteiger partial charge in [-0.25, -0.2) is 13.7 Å². The van der Waals surface area contributed by atoms with Crippen LogP contribution in [0.2, 0.25) is 0 Å². The number of carbonyl (C=O) groups excluding carboxylic acids is 1. The number of ether oxygens (including phenoxy) is 1. The molecule has 1 aliphatic heterocycles. The van der Waals surface area contributed by atoms with Crippen LogP contribution in [0.4, 0.5) is 0 Å². The predicted molar refractivity (Wildman–Crippen MR) is 69.4 cm³/mol. The molecule has 0 radical (unpaired) electrons. The van der Waals surface area contributed by atoms with Crippen LogP contribution in [0.25, 0.3) is 0 Å². The van der Waals surface area contributed by atoms with E-state index in [1.165, 1.54) is 0 Å². The summed E-state index contributed by atoms with van der Waals surface area (Å²) in [5.74, 6) is -4.08. The molecule has 1 aliphatic rings. The standard InChI is InChI=1S/C8H17NO12P2/c1-3(11)8(20-23(17,18)21-22(14,15)16)7(9)6(13)5(12)4(2-10)19-8/h4-7,10,12-13H,2,9H2,1H3,(H,17,18)(H2,14,15,16)/t4-,5+,6+,7-,8?/m1/s1. The Hall–Kier alpha value is -0.270. The first kappa shape index (κ1) is 20.8. The van der Waals surface area contributed by atoms with Gasteiger partial charge in [0.05, 0.1) is 12.6 Å². The van der Waals surface area contributed by atoms with Gasteiger partial charge in [0.2, 0.25) is 0 Å². The van der Waals surface area contributed by atoms with Crippen LogP contribution in [0.1, 0.15) is 6.92 Å². The fraction of sp³-hybridized carbons (Fsp3) is 0.875. The summed E-state index contributed by atoms with van der Waals surface area (Å²) < 4.78 is 35.2. The first-order chi connectivity index (χ1) is 10.3. The third kappa shape index (κ3) is 4.63. The van der Waals surface area contributed by atoms with Crippen LogP contribution in [0.15, 0.2) is 0 Å². The first-order valence-corrected chi connectivity index (χ1v) is 9.00. The molecular formula is C8H17NO12P2. The number of aliphatic hydroxyl groups is 3. The number of aliphatic hydroxyl groups excluding tert-OH is 3. The third-order valence-corrected chi connectivity index (χ3v) is 5.17. The van der Waals surface area contributed by atoms with E-state index in [0.717, 1.165) is 6.92 Å². The molecule has 1 heterocycles. The molecular weight excluding hydrogens is 364 g/mol. The van der Waals surface area contributed by atoms with Crippen LogP contribution in [0, 0.1) is 0 Å². The smallest absolute Gasteiger partial charge is 0.394 e. The van der Waals surface area contributed by atoms with Gasteiger partial charge in [-0.3, -0.25) is 4.79 Å². The molecule has 1 saturated heterocycles. The lowest BCUT2D eigenvalue weighted by Gasteiger charge is -2.47. The first-order valence-electron chi connectivity index (χ1n) is 5.97. The molecule has 0 aromatic carbocycles. The Morgan fingerprint density at radius 3 is 2.17 bits per heavy atom. The molecule has 0 aliphatic carbocycles. The Kier molecular flexibility index (Phi) is 6.25. The monoisotopic (exact) mass is 381 g/mol. The second-order valence-corrected chi connectivity index (χ2v) is 7.46. The quantitative estimate of drug-likeness (QED) is 0.227. The van der Waals surface area contributed by atoms with Crippen molar-refractivity contribution in [1.29, 1.82) is 0 Å². The molecule has 13 nitrogen and oxygen atoms in total. The summed E-state index contributed by atoms with van der Waals surface area (Å²) in [7, 11) is -11.1. The second kappa shape index (κ2) is 6.92. The van der Waals surface area contributed by atoms with Crippen molar-refractivity contribution in [2.24, 2.45) is 5.73 Å². The zero-order valence-corrected chi connectivity index (χ0v) is 13.4. The summed E-state index contributed by atoms with van der Waals surface area (Å²) in [5, 5.41) is 28.5. The zero-order valence-electron chi connectivity index (χ0n) is 11.6. The molecule has 0 amide bonds. The molecule has 1 rings (SSSR count). The molecule has 0 spiro atoms. The van der Waals surface area contributed by atoms with Crippen LogP contribution < -0.4 is 5.73 Å². The lowest BCUT2D eigenvalue weighted by atomic mass is 9.89. The van der Waals surface area contributed by atoms with Crippen molar-refractivity contribution < 1.29 is 57.5 Å². The molecule has 23 heavy (non-hydrogen) atoms. The molecule has 136 valence electrons. The second-order valence-electron chi connectivity index (χ2n) is 4.70. The minimum Gasteiger partial charge on any atom is -0.394 e. The highest BCUT2D eigenvalue weighted by atomic mass is 31.3. The van der Waals surface area contributed by atoms with Crippen LogP contribution in [-0.4, -0.2) is 72.5 Å². The molecule has 1 fully saturated rings. The molecule has 0 aromatic rings. The maximum atomic E-state index is 11.8. The summed E-state index contributed by atoms with van der Waals surface area (Å²) in [6.07, 6.45) is -5.32. The number of Topliss-reactive ketones (excluding diaryl/α,β-unsaturated/α-hetero) is 1. The van der Waals surface area contributed by atoms with Crippen molar-refractivity contribution in [3.05, 3.63) is 0 Å². The molecule has 2 unspecified atom stereocenters. The van der Waals surface area contributed by atoms with E-state index in [1.807, 2.05) is 0 Å². The van der Waals surface area contributed by atoms with Gasteiger partial charge in [0.25, 0.3) is 5.79 Å². The summed E-state index contributed by atoms with van der Waals surface area (Å²) >= 11 is 0. The van der Waals surface area contributed by atoms with Crippen LogP contribution >= 0.6 is 15.6 Å². The predicted octanol–water partition coefficient (Wildman–Crippen LogP) is -3.06. The fourth-order valence-electron chi connectivity index (χ4n) is 1.96. The number of ketones is 1. The minimum absolute atomic E-state index is 0.774. The van der Waals surface area contributed by atoms with Gasteiger partial charge in [0.1, 0.15) is 18.3 Å². The van der Waals surface area contributed by atoms with Gasteiger partial charge in [-0.2, -0.15) is 4.31 Å². The zero-order chi connectivity index (χ0) is 18.2. The van der Waals surface area contributed by atoms with E-state index >= 15 is 0 Å². The topological polar surface area (TPSA) is 226 Å². The van der Waals surface area contributed by atoms with Crippen molar-refractivity contribution in [2.75, 3.05) is 6.61 Å². The van der Waals surface area contributed by atoms with Gasteiger partial charge in [-0.1, -0.05) is 0 Å². The summed E-state index contributed by atoms with van der Waals surface area (Å²) in [6, 6.07) is -1.93. The van der Waals surface area contributed by atoms with Gasteiger partial charge >= 0.3 is 15.6 Å². The molecule has 0 bridgehead atoms. The average Bonchev–Trinajstić information content (AvgIpc) is 2.36. The van der Waals surface area contributed by atoms with Crippen molar-refractivity contribution in [1.82, 2.24) is 0 Å². The number of nitrogens with two attached hydrogens (primary N) is 1. The van der Waals surface area contributed by atoms with Crippen molar-refractivity contribution in [2.45, 2.75) is 37.1 Å². The number of hydrogen-bond acceptors (Lipinski definition) is 10. The Balaban J connectivity index is 3.24. The van der Waals surface area contributed by atoms with Crippen molar-refractivity contribution in [3.8, 4) is 0 Å². The Bertz CT molecular complexity index is 547. The number of phosphoric acid groups is 2. The number of rotatable bonds is 6. The number of hydrogen-bond donors (Lipinski definition) is 7. The lowest BCUT2D eigenvalue weighted by molar-refractivity contribution is -0.289. The maximum absolute atomic E-state index is 11.8. The molecule has 0 aromatic heterocycles. The Labute approximate surface area is 129 Å². The third-order valence-electron chi connectivity index (χ3n) is 3.00. The SMILES string of the molecule is CC(=O)C1(OP(=O)(O)OP(=O)(O)O)O[C@H](CO)[C@H](O)[C@H](O)[C@H]1N.